The minimum Gasteiger partial charge on any atom is -0.497 e. The van der Waals surface area contributed by atoms with Crippen LogP contribution in [0.3, 0.4) is 0 Å². The van der Waals surface area contributed by atoms with Gasteiger partial charge in [-0.1, -0.05) is 59.5 Å². The molecule has 3 aromatic rings. The molecular weight excluding hydrogens is 416 g/mol. The fourth-order valence-corrected chi connectivity index (χ4v) is 4.46. The zero-order valence-corrected chi connectivity index (χ0v) is 19.2. The Balaban J connectivity index is 1.60. The van der Waals surface area contributed by atoms with Crippen molar-refractivity contribution in [1.29, 1.82) is 0 Å². The number of aromatic nitrogens is 2. The lowest BCUT2D eigenvalue weighted by Gasteiger charge is -2.36. The third kappa shape index (κ3) is 6.21. The van der Waals surface area contributed by atoms with Crippen LogP contribution in [0.25, 0.3) is 0 Å². The molecule has 30 heavy (non-hydrogen) atoms. The van der Waals surface area contributed by atoms with Crippen molar-refractivity contribution in [3.63, 3.8) is 0 Å². The number of hydrogen-bond acceptors (Lipinski definition) is 7. The highest BCUT2D eigenvalue weighted by atomic mass is 32.2. The number of anilines is 2. The van der Waals surface area contributed by atoms with Crippen LogP contribution in [-0.4, -0.2) is 39.4 Å². The van der Waals surface area contributed by atoms with Crippen LogP contribution in [0.4, 0.5) is 10.8 Å². The summed E-state index contributed by atoms with van der Waals surface area (Å²) in [5.41, 5.74) is 1.72. The number of nitrogens with zero attached hydrogens (tertiary/aromatic N) is 3. The fourth-order valence-electron chi connectivity index (χ4n) is 2.81. The molecule has 0 atom stereocenters. The Morgan fingerprint density at radius 2 is 1.90 bits per heavy atom. The van der Waals surface area contributed by atoms with E-state index in [-0.39, 0.29) is 11.4 Å². The van der Waals surface area contributed by atoms with E-state index >= 15 is 0 Å². The molecule has 0 aliphatic heterocycles. The number of nitrogens with one attached hydrogen (secondary N) is 1. The predicted molar refractivity (Wildman–Crippen MR) is 124 cm³/mol. The van der Waals surface area contributed by atoms with E-state index in [0.717, 1.165) is 21.3 Å². The Bertz CT molecular complexity index is 971. The van der Waals surface area contributed by atoms with Crippen molar-refractivity contribution in [3.8, 4) is 5.75 Å². The van der Waals surface area contributed by atoms with Gasteiger partial charge in [-0.25, -0.2) is 0 Å². The molecule has 0 radical (unpaired) electrons. The molecule has 0 fully saturated rings. The first-order valence-corrected chi connectivity index (χ1v) is 11.4. The second kappa shape index (κ2) is 9.95. The molecular formula is C22H26N4O2S2. The average molecular weight is 443 g/mol. The predicted octanol–water partition coefficient (Wildman–Crippen LogP) is 5.21. The molecule has 2 aromatic carbocycles. The van der Waals surface area contributed by atoms with Gasteiger partial charge in [0, 0.05) is 23.8 Å². The highest BCUT2D eigenvalue weighted by Crippen LogP contribution is 2.29. The number of benzene rings is 2. The molecule has 0 aliphatic rings. The molecule has 0 saturated heterocycles. The van der Waals surface area contributed by atoms with Gasteiger partial charge in [-0.3, -0.25) is 4.79 Å². The molecule has 1 N–H and O–H groups in total. The van der Waals surface area contributed by atoms with Gasteiger partial charge in [-0.05, 0) is 38.5 Å². The number of ether oxygens (including phenoxy) is 1. The number of rotatable bonds is 8. The summed E-state index contributed by atoms with van der Waals surface area (Å²) in [6, 6.07) is 17.7. The van der Waals surface area contributed by atoms with Crippen molar-refractivity contribution in [3.05, 3.63) is 60.2 Å². The Hall–Kier alpha value is -2.58. The maximum atomic E-state index is 13.0. The first-order chi connectivity index (χ1) is 14.3. The van der Waals surface area contributed by atoms with Crippen molar-refractivity contribution in [1.82, 2.24) is 15.1 Å². The molecule has 0 aliphatic carbocycles. The summed E-state index contributed by atoms with van der Waals surface area (Å²) in [4.78, 5) is 14.9. The molecule has 0 bridgehead atoms. The first kappa shape index (κ1) is 22.1. The zero-order valence-electron chi connectivity index (χ0n) is 17.6. The maximum Gasteiger partial charge on any atom is 0.233 e. The van der Waals surface area contributed by atoms with E-state index in [1.807, 2.05) is 59.5 Å². The zero-order chi connectivity index (χ0) is 21.6. The second-order valence-electron chi connectivity index (χ2n) is 7.66. The Morgan fingerprint density at radius 3 is 2.60 bits per heavy atom. The third-order valence-corrected chi connectivity index (χ3v) is 6.30. The molecule has 1 aromatic heterocycles. The van der Waals surface area contributed by atoms with Crippen LogP contribution >= 0.6 is 23.1 Å². The summed E-state index contributed by atoms with van der Waals surface area (Å²) in [6.45, 7) is 6.75. The van der Waals surface area contributed by atoms with Gasteiger partial charge in [0.1, 0.15) is 5.75 Å². The standard InChI is InChI=1S/C22H26N4O2S2/c1-22(2,3)26(14-16-9-6-5-7-10-16)19(27)15-29-21-25-24-20(30-21)23-17-11-8-12-18(13-17)28-4/h5-13H,14-15H2,1-4H3,(H,23,24). The normalized spacial score (nSPS) is 11.2. The van der Waals surface area contributed by atoms with E-state index < -0.39 is 0 Å². The number of hydrogen-bond donors (Lipinski definition) is 1. The molecule has 1 heterocycles. The van der Waals surface area contributed by atoms with Crippen molar-refractivity contribution < 1.29 is 9.53 Å². The van der Waals surface area contributed by atoms with Gasteiger partial charge in [-0.15, -0.1) is 10.2 Å². The fraction of sp³-hybridized carbons (Fsp3) is 0.318. The van der Waals surface area contributed by atoms with E-state index in [1.165, 1.54) is 23.1 Å². The Kier molecular flexibility index (Phi) is 7.33. The molecule has 6 nitrogen and oxygen atoms in total. The summed E-state index contributed by atoms with van der Waals surface area (Å²) < 4.78 is 5.99. The van der Waals surface area contributed by atoms with Gasteiger partial charge in [0.2, 0.25) is 11.0 Å². The average Bonchev–Trinajstić information content (AvgIpc) is 3.17. The number of amides is 1. The van der Waals surface area contributed by atoms with Gasteiger partial charge >= 0.3 is 0 Å². The lowest BCUT2D eigenvalue weighted by molar-refractivity contribution is -0.133. The van der Waals surface area contributed by atoms with Gasteiger partial charge in [0.15, 0.2) is 4.34 Å². The lowest BCUT2D eigenvalue weighted by atomic mass is 10.0. The summed E-state index contributed by atoms with van der Waals surface area (Å²) in [5.74, 6) is 1.16. The smallest absolute Gasteiger partial charge is 0.233 e. The van der Waals surface area contributed by atoms with E-state index in [4.69, 9.17) is 4.74 Å². The quantitative estimate of drug-likeness (QED) is 0.483. The van der Waals surface area contributed by atoms with E-state index in [1.54, 1.807) is 7.11 Å². The summed E-state index contributed by atoms with van der Waals surface area (Å²) in [6.07, 6.45) is 0. The molecule has 0 saturated carbocycles. The molecule has 0 unspecified atom stereocenters. The summed E-state index contributed by atoms with van der Waals surface area (Å²) in [7, 11) is 1.63. The molecule has 0 spiro atoms. The van der Waals surface area contributed by atoms with Crippen molar-refractivity contribution in [2.45, 2.75) is 37.2 Å². The molecule has 158 valence electrons. The van der Waals surface area contributed by atoms with Gasteiger partial charge in [0.05, 0.1) is 12.9 Å². The lowest BCUT2D eigenvalue weighted by Crippen LogP contribution is -2.45. The maximum absolute atomic E-state index is 13.0. The summed E-state index contributed by atoms with van der Waals surface area (Å²) >= 11 is 2.84. The highest BCUT2D eigenvalue weighted by Gasteiger charge is 2.26. The monoisotopic (exact) mass is 442 g/mol. The molecule has 1 amide bonds. The SMILES string of the molecule is COc1cccc(Nc2nnc(SCC(=O)N(Cc3ccccc3)C(C)(C)C)s2)c1. The van der Waals surface area contributed by atoms with E-state index in [9.17, 15) is 4.79 Å². The van der Waals surface area contributed by atoms with E-state index in [0.29, 0.717) is 17.4 Å². The third-order valence-electron chi connectivity index (χ3n) is 4.34. The minimum absolute atomic E-state index is 0.0776. The Morgan fingerprint density at radius 1 is 1.13 bits per heavy atom. The first-order valence-electron chi connectivity index (χ1n) is 9.57. The topological polar surface area (TPSA) is 67.3 Å². The van der Waals surface area contributed by atoms with Crippen LogP contribution in [0.5, 0.6) is 5.75 Å². The molecule has 3 rings (SSSR count). The van der Waals surface area contributed by atoms with Gasteiger partial charge in [-0.2, -0.15) is 0 Å². The minimum atomic E-state index is -0.270. The van der Waals surface area contributed by atoms with E-state index in [2.05, 4.69) is 36.3 Å². The van der Waals surface area contributed by atoms with Crippen molar-refractivity contribution in [2.24, 2.45) is 0 Å². The number of methoxy groups -OCH3 is 1. The van der Waals surface area contributed by atoms with Gasteiger partial charge in [0.25, 0.3) is 0 Å². The number of carbonyl (C=O) groups excluding carboxylic acids is 1. The van der Waals surface area contributed by atoms with Crippen molar-refractivity contribution in [2.75, 3.05) is 18.2 Å². The van der Waals surface area contributed by atoms with Crippen LogP contribution < -0.4 is 10.1 Å². The van der Waals surface area contributed by atoms with Crippen molar-refractivity contribution >= 4 is 39.8 Å². The number of carbonyl (C=O) groups is 1. The van der Waals surface area contributed by atoms with Crippen LogP contribution in [0.2, 0.25) is 0 Å². The largest absolute Gasteiger partial charge is 0.497 e. The highest BCUT2D eigenvalue weighted by molar-refractivity contribution is 8.01. The molecule has 8 heteroatoms. The Labute approximate surface area is 185 Å². The van der Waals surface area contributed by atoms with Gasteiger partial charge < -0.3 is 15.0 Å². The van der Waals surface area contributed by atoms with Crippen LogP contribution in [0, 0.1) is 0 Å². The van der Waals surface area contributed by atoms with Crippen LogP contribution in [-0.2, 0) is 11.3 Å². The summed E-state index contributed by atoms with van der Waals surface area (Å²) in [5, 5.41) is 12.3. The number of thioether (sulfide) groups is 1. The van der Waals surface area contributed by atoms with Crippen LogP contribution in [0.1, 0.15) is 26.3 Å². The second-order valence-corrected chi connectivity index (χ2v) is 9.86. The van der Waals surface area contributed by atoms with Crippen LogP contribution in [0.15, 0.2) is 58.9 Å².